The van der Waals surface area contributed by atoms with Crippen LogP contribution in [-0.2, 0) is 4.79 Å². The van der Waals surface area contributed by atoms with E-state index < -0.39 is 6.10 Å². The second-order valence-corrected chi connectivity index (χ2v) is 5.30. The average Bonchev–Trinajstić information content (AvgIpc) is 3.00. The first-order valence-corrected chi connectivity index (χ1v) is 7.20. The molecule has 2 aliphatic heterocycles. The highest BCUT2D eigenvalue weighted by Crippen LogP contribution is 2.30. The third kappa shape index (κ3) is 4.02. The van der Waals surface area contributed by atoms with E-state index in [0.29, 0.717) is 24.0 Å². The minimum atomic E-state index is -0.549. The van der Waals surface area contributed by atoms with Crippen molar-refractivity contribution in [2.75, 3.05) is 26.2 Å². The highest BCUT2D eigenvalue weighted by Gasteiger charge is 2.27. The Labute approximate surface area is 130 Å². The molecule has 1 amide bonds. The predicted octanol–water partition coefficient (Wildman–Crippen LogP) is 1.36. The Bertz CT molecular complexity index is 478. The second kappa shape index (κ2) is 7.52. The lowest BCUT2D eigenvalue weighted by Crippen LogP contribution is -2.44. The van der Waals surface area contributed by atoms with Crippen LogP contribution in [0.15, 0.2) is 24.3 Å². The van der Waals surface area contributed by atoms with Gasteiger partial charge in [-0.05, 0) is 44.0 Å². The van der Waals surface area contributed by atoms with Gasteiger partial charge in [0.25, 0.3) is 5.91 Å². The fraction of sp³-hybridized carbons (Fsp3) is 0.533. The number of halogens is 1. The normalized spacial score (nSPS) is 23.2. The van der Waals surface area contributed by atoms with Gasteiger partial charge in [-0.2, -0.15) is 0 Å². The summed E-state index contributed by atoms with van der Waals surface area (Å²) >= 11 is 0. The van der Waals surface area contributed by atoms with E-state index in [9.17, 15) is 4.79 Å². The number of para-hydroxylation sites is 2. The van der Waals surface area contributed by atoms with Crippen molar-refractivity contribution in [3.63, 3.8) is 0 Å². The van der Waals surface area contributed by atoms with Gasteiger partial charge in [-0.3, -0.25) is 4.79 Å². The van der Waals surface area contributed by atoms with Gasteiger partial charge < -0.3 is 20.1 Å². The molecule has 1 aromatic carbocycles. The van der Waals surface area contributed by atoms with Crippen molar-refractivity contribution < 1.29 is 14.3 Å². The molecule has 116 valence electrons. The first-order valence-electron chi connectivity index (χ1n) is 7.20. The Hall–Kier alpha value is -1.46. The van der Waals surface area contributed by atoms with E-state index >= 15 is 0 Å². The summed E-state index contributed by atoms with van der Waals surface area (Å²) in [5.74, 6) is 1.93. The first-order chi connectivity index (χ1) is 9.83. The van der Waals surface area contributed by atoms with E-state index in [0.717, 1.165) is 19.5 Å². The van der Waals surface area contributed by atoms with Gasteiger partial charge >= 0.3 is 0 Å². The molecule has 2 unspecified atom stereocenters. The zero-order valence-corrected chi connectivity index (χ0v) is 12.7. The molecular weight excluding hydrogens is 292 g/mol. The zero-order valence-electron chi connectivity index (χ0n) is 11.8. The summed E-state index contributed by atoms with van der Waals surface area (Å²) in [5.41, 5.74) is 0. The van der Waals surface area contributed by atoms with Crippen molar-refractivity contribution in [2.24, 2.45) is 5.92 Å². The van der Waals surface area contributed by atoms with Gasteiger partial charge in [-0.1, -0.05) is 12.1 Å². The lowest BCUT2D eigenvalue weighted by atomic mass is 10.1. The predicted molar refractivity (Wildman–Crippen MR) is 82.2 cm³/mol. The van der Waals surface area contributed by atoms with Crippen LogP contribution in [0.3, 0.4) is 0 Å². The molecule has 1 saturated heterocycles. The van der Waals surface area contributed by atoms with Gasteiger partial charge in [0, 0.05) is 6.54 Å². The molecule has 0 aromatic heterocycles. The van der Waals surface area contributed by atoms with Crippen molar-refractivity contribution in [3.8, 4) is 11.5 Å². The van der Waals surface area contributed by atoms with E-state index in [1.807, 2.05) is 24.3 Å². The van der Waals surface area contributed by atoms with Crippen LogP contribution in [-0.4, -0.2) is 38.3 Å². The highest BCUT2D eigenvalue weighted by atomic mass is 35.5. The molecule has 1 aromatic rings. The van der Waals surface area contributed by atoms with E-state index in [-0.39, 0.29) is 24.9 Å². The number of nitrogens with one attached hydrogen (secondary N) is 2. The Balaban J connectivity index is 0.00000161. The third-order valence-electron chi connectivity index (χ3n) is 3.82. The molecule has 2 atom stereocenters. The number of carbonyl (C=O) groups is 1. The molecule has 21 heavy (non-hydrogen) atoms. The third-order valence-corrected chi connectivity index (χ3v) is 3.82. The molecule has 2 N–H and O–H groups in total. The maximum Gasteiger partial charge on any atom is 0.264 e. The molecule has 1 fully saturated rings. The first kappa shape index (κ1) is 15.9. The summed E-state index contributed by atoms with van der Waals surface area (Å²) in [4.78, 5) is 12.0. The Morgan fingerprint density at radius 3 is 2.90 bits per heavy atom. The van der Waals surface area contributed by atoms with Gasteiger partial charge in [0.2, 0.25) is 6.10 Å². The van der Waals surface area contributed by atoms with Gasteiger partial charge in [-0.15, -0.1) is 12.4 Å². The summed E-state index contributed by atoms with van der Waals surface area (Å²) in [6.07, 6.45) is 1.67. The monoisotopic (exact) mass is 312 g/mol. The number of rotatable bonds is 4. The van der Waals surface area contributed by atoms with Gasteiger partial charge in [0.05, 0.1) is 0 Å². The fourth-order valence-electron chi connectivity index (χ4n) is 2.62. The molecular formula is C15H21ClN2O3. The van der Waals surface area contributed by atoms with Crippen LogP contribution < -0.4 is 20.1 Å². The quantitative estimate of drug-likeness (QED) is 0.881. The van der Waals surface area contributed by atoms with Crippen LogP contribution >= 0.6 is 12.4 Å². The van der Waals surface area contributed by atoms with E-state index in [1.165, 1.54) is 6.42 Å². The highest BCUT2D eigenvalue weighted by molar-refractivity contribution is 5.85. The van der Waals surface area contributed by atoms with Crippen LogP contribution in [0.5, 0.6) is 11.5 Å². The van der Waals surface area contributed by atoms with Crippen molar-refractivity contribution in [1.82, 2.24) is 10.6 Å². The molecule has 0 saturated carbocycles. The van der Waals surface area contributed by atoms with Crippen LogP contribution in [0, 0.1) is 5.92 Å². The summed E-state index contributed by atoms with van der Waals surface area (Å²) in [5, 5.41) is 6.27. The number of hydrogen-bond acceptors (Lipinski definition) is 4. The lowest BCUT2D eigenvalue weighted by molar-refractivity contribution is -0.130. The largest absolute Gasteiger partial charge is 0.485 e. The molecule has 0 bridgehead atoms. The number of amides is 1. The number of hydrogen-bond donors (Lipinski definition) is 2. The average molecular weight is 313 g/mol. The minimum absolute atomic E-state index is 0. The van der Waals surface area contributed by atoms with Crippen molar-refractivity contribution in [3.05, 3.63) is 24.3 Å². The summed E-state index contributed by atoms with van der Waals surface area (Å²) in [7, 11) is 0. The molecule has 2 aliphatic rings. The fourth-order valence-corrected chi connectivity index (χ4v) is 2.62. The van der Waals surface area contributed by atoms with Crippen LogP contribution in [0.4, 0.5) is 0 Å². The van der Waals surface area contributed by atoms with Crippen molar-refractivity contribution in [1.29, 1.82) is 0 Å². The van der Waals surface area contributed by atoms with Crippen molar-refractivity contribution in [2.45, 2.75) is 18.9 Å². The molecule has 3 rings (SSSR count). The number of carbonyl (C=O) groups excluding carboxylic acids is 1. The van der Waals surface area contributed by atoms with E-state index in [2.05, 4.69) is 10.6 Å². The van der Waals surface area contributed by atoms with Gasteiger partial charge in [0.1, 0.15) is 6.61 Å². The topological polar surface area (TPSA) is 59.6 Å². The molecule has 2 heterocycles. The van der Waals surface area contributed by atoms with E-state index in [4.69, 9.17) is 9.47 Å². The molecule has 6 heteroatoms. The minimum Gasteiger partial charge on any atom is -0.485 e. The van der Waals surface area contributed by atoms with Crippen LogP contribution in [0.2, 0.25) is 0 Å². The van der Waals surface area contributed by atoms with Crippen LogP contribution in [0.25, 0.3) is 0 Å². The second-order valence-electron chi connectivity index (χ2n) is 5.30. The number of fused-ring (bicyclic) bond motifs is 1. The number of ether oxygens (including phenoxy) is 2. The summed E-state index contributed by atoms with van der Waals surface area (Å²) in [6.45, 7) is 3.13. The maximum absolute atomic E-state index is 12.0. The summed E-state index contributed by atoms with van der Waals surface area (Å²) in [6, 6.07) is 7.42. The maximum atomic E-state index is 12.0. The molecule has 5 nitrogen and oxygen atoms in total. The Morgan fingerprint density at radius 1 is 1.33 bits per heavy atom. The molecule has 0 aliphatic carbocycles. The Morgan fingerprint density at radius 2 is 2.14 bits per heavy atom. The SMILES string of the molecule is Cl.O=C(NCCC1CCNC1)C1COc2ccccc2O1. The van der Waals surface area contributed by atoms with Gasteiger partial charge in [-0.25, -0.2) is 0 Å². The zero-order chi connectivity index (χ0) is 13.8. The van der Waals surface area contributed by atoms with Crippen molar-refractivity contribution >= 4 is 18.3 Å². The summed E-state index contributed by atoms with van der Waals surface area (Å²) < 4.78 is 11.2. The van der Waals surface area contributed by atoms with Crippen LogP contribution in [0.1, 0.15) is 12.8 Å². The smallest absolute Gasteiger partial charge is 0.264 e. The van der Waals surface area contributed by atoms with E-state index in [1.54, 1.807) is 0 Å². The lowest BCUT2D eigenvalue weighted by Gasteiger charge is -2.25. The molecule has 0 spiro atoms. The molecule has 0 radical (unpaired) electrons. The number of benzene rings is 1. The standard InChI is InChI=1S/C15H20N2O3.ClH/c18-15(17-8-6-11-5-7-16-9-11)14-10-19-12-3-1-2-4-13(12)20-14;/h1-4,11,14,16H,5-10H2,(H,17,18);1H. The Kier molecular flexibility index (Phi) is 5.70. The van der Waals surface area contributed by atoms with Gasteiger partial charge in [0.15, 0.2) is 11.5 Å².